The first-order valence-corrected chi connectivity index (χ1v) is 7.59. The average molecular weight is 342 g/mol. The van der Waals surface area contributed by atoms with Crippen LogP contribution in [0.1, 0.15) is 22.3 Å². The summed E-state index contributed by atoms with van der Waals surface area (Å²) in [6, 6.07) is 7.37. The van der Waals surface area contributed by atoms with Gasteiger partial charge in [0.25, 0.3) is 5.91 Å². The number of carbonyl (C=O) groups is 2. The number of amides is 2. The summed E-state index contributed by atoms with van der Waals surface area (Å²) < 4.78 is 5.47. The first-order chi connectivity index (χ1) is 10.6. The van der Waals surface area contributed by atoms with Crippen molar-refractivity contribution in [3.63, 3.8) is 0 Å². The molecule has 128 valence electrons. The van der Waals surface area contributed by atoms with Crippen molar-refractivity contribution in [1.29, 1.82) is 0 Å². The highest BCUT2D eigenvalue weighted by Crippen LogP contribution is 2.02. The molecule has 2 amide bonds. The van der Waals surface area contributed by atoms with E-state index in [1.54, 1.807) is 12.1 Å². The van der Waals surface area contributed by atoms with Crippen molar-refractivity contribution in [3.8, 4) is 0 Å². The molecular weight excluding hydrogens is 318 g/mol. The van der Waals surface area contributed by atoms with Gasteiger partial charge in [0.05, 0.1) is 19.1 Å². The van der Waals surface area contributed by atoms with Crippen molar-refractivity contribution < 1.29 is 14.3 Å². The average Bonchev–Trinajstić information content (AvgIpc) is 2.53. The minimum absolute atomic E-state index is 0. The zero-order valence-corrected chi connectivity index (χ0v) is 14.1. The Balaban J connectivity index is 0.00000264. The number of hydrogen-bond donors (Lipinski definition) is 3. The second kappa shape index (κ2) is 10.2. The van der Waals surface area contributed by atoms with Crippen LogP contribution in [0.4, 0.5) is 0 Å². The summed E-state index contributed by atoms with van der Waals surface area (Å²) in [4.78, 5) is 23.6. The molecule has 1 heterocycles. The molecule has 1 aromatic rings. The minimum atomic E-state index is -0.130. The van der Waals surface area contributed by atoms with E-state index >= 15 is 0 Å². The monoisotopic (exact) mass is 341 g/mol. The third-order valence-electron chi connectivity index (χ3n) is 3.46. The molecular formula is C16H24ClN3O3. The fraction of sp³-hybridized carbons (Fsp3) is 0.500. The Morgan fingerprint density at radius 1 is 1.22 bits per heavy atom. The Bertz CT molecular complexity index is 502. The van der Waals surface area contributed by atoms with E-state index in [1.165, 1.54) is 0 Å². The smallest absolute Gasteiger partial charge is 0.251 e. The number of rotatable bonds is 6. The van der Waals surface area contributed by atoms with E-state index in [1.807, 2.05) is 19.1 Å². The predicted octanol–water partition coefficient (Wildman–Crippen LogP) is 0.641. The maximum absolute atomic E-state index is 11.9. The number of nitrogens with one attached hydrogen (secondary N) is 3. The van der Waals surface area contributed by atoms with E-state index < -0.39 is 0 Å². The van der Waals surface area contributed by atoms with E-state index in [0.717, 1.165) is 12.1 Å². The van der Waals surface area contributed by atoms with E-state index in [4.69, 9.17) is 4.74 Å². The molecule has 1 unspecified atom stereocenters. The van der Waals surface area contributed by atoms with Crippen LogP contribution in [-0.2, 0) is 9.53 Å². The van der Waals surface area contributed by atoms with Gasteiger partial charge >= 0.3 is 0 Å². The van der Waals surface area contributed by atoms with Crippen molar-refractivity contribution in [2.45, 2.75) is 19.4 Å². The molecule has 0 radical (unpaired) electrons. The van der Waals surface area contributed by atoms with Crippen LogP contribution in [0.2, 0.25) is 0 Å². The summed E-state index contributed by atoms with van der Waals surface area (Å²) in [6.07, 6.45) is 0.287. The van der Waals surface area contributed by atoms with Gasteiger partial charge in [0.1, 0.15) is 0 Å². The van der Waals surface area contributed by atoms with Gasteiger partial charge < -0.3 is 20.7 Å². The second-order valence-corrected chi connectivity index (χ2v) is 5.37. The summed E-state index contributed by atoms with van der Waals surface area (Å²) >= 11 is 0. The largest absolute Gasteiger partial charge is 0.375 e. The lowest BCUT2D eigenvalue weighted by atomic mass is 10.1. The molecule has 1 aliphatic heterocycles. The Kier molecular flexibility index (Phi) is 8.61. The molecule has 1 saturated heterocycles. The normalized spacial score (nSPS) is 17.0. The van der Waals surface area contributed by atoms with E-state index in [-0.39, 0.29) is 30.3 Å². The van der Waals surface area contributed by atoms with Gasteiger partial charge in [0, 0.05) is 31.7 Å². The molecule has 0 aromatic heterocycles. The second-order valence-electron chi connectivity index (χ2n) is 5.37. The van der Waals surface area contributed by atoms with Crippen LogP contribution in [0, 0.1) is 6.92 Å². The number of carbonyl (C=O) groups excluding carboxylic acids is 2. The lowest BCUT2D eigenvalue weighted by Gasteiger charge is -2.23. The lowest BCUT2D eigenvalue weighted by Crippen LogP contribution is -2.42. The highest BCUT2D eigenvalue weighted by Gasteiger charge is 2.16. The summed E-state index contributed by atoms with van der Waals surface area (Å²) in [5.74, 6) is -0.188. The van der Waals surface area contributed by atoms with E-state index in [2.05, 4.69) is 16.0 Å². The van der Waals surface area contributed by atoms with Crippen molar-refractivity contribution >= 4 is 24.2 Å². The van der Waals surface area contributed by atoms with Crippen LogP contribution in [0.25, 0.3) is 0 Å². The van der Waals surface area contributed by atoms with Gasteiger partial charge in [0.15, 0.2) is 0 Å². The summed E-state index contributed by atoms with van der Waals surface area (Å²) in [7, 11) is 0. The number of benzene rings is 1. The van der Waals surface area contributed by atoms with Gasteiger partial charge in [-0.15, -0.1) is 12.4 Å². The fourth-order valence-corrected chi connectivity index (χ4v) is 2.21. The number of morpholine rings is 1. The molecule has 1 atom stereocenters. The number of halogens is 1. The first-order valence-electron chi connectivity index (χ1n) is 7.59. The van der Waals surface area contributed by atoms with Crippen LogP contribution in [0.5, 0.6) is 0 Å². The molecule has 0 bridgehead atoms. The Morgan fingerprint density at radius 2 is 1.91 bits per heavy atom. The summed E-state index contributed by atoms with van der Waals surface area (Å²) in [5, 5.41) is 8.75. The lowest BCUT2D eigenvalue weighted by molar-refractivity contribution is -0.124. The molecule has 1 fully saturated rings. The van der Waals surface area contributed by atoms with Gasteiger partial charge in [0.2, 0.25) is 5.91 Å². The van der Waals surface area contributed by atoms with Crippen LogP contribution >= 0.6 is 12.4 Å². The zero-order chi connectivity index (χ0) is 15.8. The van der Waals surface area contributed by atoms with Gasteiger partial charge in [-0.05, 0) is 19.1 Å². The number of aryl methyl sites for hydroxylation is 1. The molecule has 0 saturated carbocycles. The SMILES string of the molecule is Cc1ccc(C(=O)NCCNC(=O)CC2CNCCO2)cc1.Cl. The maximum Gasteiger partial charge on any atom is 0.251 e. The minimum Gasteiger partial charge on any atom is -0.375 e. The third kappa shape index (κ3) is 6.99. The number of ether oxygens (including phenoxy) is 1. The highest BCUT2D eigenvalue weighted by atomic mass is 35.5. The van der Waals surface area contributed by atoms with Crippen molar-refractivity contribution in [2.75, 3.05) is 32.8 Å². The van der Waals surface area contributed by atoms with Gasteiger partial charge in [-0.1, -0.05) is 17.7 Å². The van der Waals surface area contributed by atoms with Crippen LogP contribution in [-0.4, -0.2) is 50.7 Å². The first kappa shape index (κ1) is 19.4. The molecule has 7 heteroatoms. The van der Waals surface area contributed by atoms with Gasteiger partial charge in [-0.25, -0.2) is 0 Å². The molecule has 23 heavy (non-hydrogen) atoms. The Labute approximate surface area is 142 Å². The van der Waals surface area contributed by atoms with Gasteiger partial charge in [-0.2, -0.15) is 0 Å². The standard InChI is InChI=1S/C16H23N3O3.ClH/c1-12-2-4-13(5-3-12)16(21)19-7-6-18-15(20)10-14-11-17-8-9-22-14;/h2-5,14,17H,6-11H2,1H3,(H,18,20)(H,19,21);1H. The maximum atomic E-state index is 11.9. The van der Waals surface area contributed by atoms with E-state index in [9.17, 15) is 9.59 Å². The van der Waals surface area contributed by atoms with Gasteiger partial charge in [-0.3, -0.25) is 9.59 Å². The summed E-state index contributed by atoms with van der Waals surface area (Å²) in [5.41, 5.74) is 1.74. The predicted molar refractivity (Wildman–Crippen MR) is 91.0 cm³/mol. The number of hydrogen-bond acceptors (Lipinski definition) is 4. The van der Waals surface area contributed by atoms with Crippen molar-refractivity contribution in [1.82, 2.24) is 16.0 Å². The molecule has 1 aromatic carbocycles. The van der Waals surface area contributed by atoms with Crippen LogP contribution < -0.4 is 16.0 Å². The summed E-state index contributed by atoms with van der Waals surface area (Å²) in [6.45, 7) is 4.98. The molecule has 6 nitrogen and oxygen atoms in total. The molecule has 2 rings (SSSR count). The van der Waals surface area contributed by atoms with Crippen LogP contribution in [0.3, 0.4) is 0 Å². The molecule has 1 aliphatic rings. The van der Waals surface area contributed by atoms with Crippen molar-refractivity contribution in [2.24, 2.45) is 0 Å². The third-order valence-corrected chi connectivity index (χ3v) is 3.46. The Hall–Kier alpha value is -1.63. The Morgan fingerprint density at radius 3 is 2.57 bits per heavy atom. The molecule has 0 spiro atoms. The van der Waals surface area contributed by atoms with Crippen molar-refractivity contribution in [3.05, 3.63) is 35.4 Å². The zero-order valence-electron chi connectivity index (χ0n) is 13.3. The molecule has 3 N–H and O–H groups in total. The molecule has 0 aliphatic carbocycles. The van der Waals surface area contributed by atoms with Crippen LogP contribution in [0.15, 0.2) is 24.3 Å². The highest BCUT2D eigenvalue weighted by molar-refractivity contribution is 5.94. The topological polar surface area (TPSA) is 79.5 Å². The quantitative estimate of drug-likeness (QED) is 0.663. The fourth-order valence-electron chi connectivity index (χ4n) is 2.21. The van der Waals surface area contributed by atoms with E-state index in [0.29, 0.717) is 38.2 Å².